The lowest BCUT2D eigenvalue weighted by Gasteiger charge is -2.11. The minimum atomic E-state index is -0.413. The van der Waals surface area contributed by atoms with Gasteiger partial charge in [-0.1, -0.05) is 35.3 Å². The molecule has 0 unspecified atom stereocenters. The van der Waals surface area contributed by atoms with Crippen LogP contribution in [0.5, 0.6) is 5.88 Å². The monoisotopic (exact) mass is 380 g/mol. The molecule has 0 aliphatic heterocycles. The fourth-order valence-corrected chi connectivity index (χ4v) is 4.09. The van der Waals surface area contributed by atoms with E-state index in [0.717, 1.165) is 11.8 Å². The van der Waals surface area contributed by atoms with E-state index in [9.17, 15) is 9.50 Å². The molecule has 3 rings (SSSR count). The summed E-state index contributed by atoms with van der Waals surface area (Å²) in [6.07, 6.45) is 1.00. The van der Waals surface area contributed by atoms with Crippen molar-refractivity contribution in [1.29, 1.82) is 5.41 Å². The van der Waals surface area contributed by atoms with E-state index in [-0.39, 0.29) is 11.4 Å². The third-order valence-electron chi connectivity index (χ3n) is 3.51. The molecule has 0 amide bonds. The molecule has 2 N–H and O–H groups in total. The number of hydrogen-bond donors (Lipinski definition) is 2. The fraction of sp³-hybridized carbons (Fsp3) is 0.0588. The highest BCUT2D eigenvalue weighted by atomic mass is 35.5. The summed E-state index contributed by atoms with van der Waals surface area (Å²) in [4.78, 5) is 4.10. The summed E-state index contributed by atoms with van der Waals surface area (Å²) < 4.78 is 13.6. The summed E-state index contributed by atoms with van der Waals surface area (Å²) in [5.41, 5.74) is 0.998. The molecule has 3 aromatic rings. The van der Waals surface area contributed by atoms with Crippen LogP contribution in [0, 0.1) is 11.2 Å². The summed E-state index contributed by atoms with van der Waals surface area (Å²) in [7, 11) is 0. The highest BCUT2D eigenvalue weighted by Crippen LogP contribution is 2.36. The van der Waals surface area contributed by atoms with E-state index in [4.69, 9.17) is 28.6 Å². The number of aromatic hydroxyl groups is 1. The Hall–Kier alpha value is -1.82. The molecule has 0 radical (unpaired) electrons. The van der Waals surface area contributed by atoms with Gasteiger partial charge in [-0.05, 0) is 35.2 Å². The lowest BCUT2D eigenvalue weighted by Crippen LogP contribution is -1.94. The van der Waals surface area contributed by atoms with Gasteiger partial charge in [-0.15, -0.1) is 11.8 Å². The molecule has 24 heavy (non-hydrogen) atoms. The number of rotatable bonds is 4. The van der Waals surface area contributed by atoms with E-state index < -0.39 is 5.82 Å². The largest absolute Gasteiger partial charge is 0.493 e. The Labute approximate surface area is 151 Å². The van der Waals surface area contributed by atoms with Crippen LogP contribution in [-0.2, 0) is 5.75 Å². The predicted molar refractivity (Wildman–Crippen MR) is 97.3 cm³/mol. The topological polar surface area (TPSA) is 57.0 Å². The molecular weight excluding hydrogens is 370 g/mol. The number of aromatic nitrogens is 1. The second kappa shape index (κ2) is 6.97. The van der Waals surface area contributed by atoms with Crippen LogP contribution in [0.2, 0.25) is 10.0 Å². The van der Waals surface area contributed by atoms with E-state index in [1.165, 1.54) is 30.0 Å². The van der Waals surface area contributed by atoms with Crippen LogP contribution in [0.4, 0.5) is 4.39 Å². The lowest BCUT2D eigenvalue weighted by atomic mass is 10.1. The van der Waals surface area contributed by atoms with Crippen molar-refractivity contribution in [3.05, 3.63) is 63.4 Å². The summed E-state index contributed by atoms with van der Waals surface area (Å²) >= 11 is 13.6. The minimum absolute atomic E-state index is 0.255. The van der Waals surface area contributed by atoms with Crippen molar-refractivity contribution >= 4 is 52.0 Å². The Morgan fingerprint density at radius 1 is 1.17 bits per heavy atom. The Bertz CT molecular complexity index is 929. The van der Waals surface area contributed by atoms with Gasteiger partial charge in [0.2, 0.25) is 5.88 Å². The van der Waals surface area contributed by atoms with E-state index in [1.54, 1.807) is 18.2 Å². The number of nitrogens with one attached hydrogen (secondary N) is 1. The minimum Gasteiger partial charge on any atom is -0.493 e. The normalized spacial score (nSPS) is 11.0. The zero-order valence-corrected chi connectivity index (χ0v) is 14.5. The number of fused-ring (bicyclic) bond motifs is 1. The van der Waals surface area contributed by atoms with Crippen LogP contribution in [0.3, 0.4) is 0 Å². The summed E-state index contributed by atoms with van der Waals surface area (Å²) in [6, 6.07) is 9.39. The average Bonchev–Trinajstić information content (AvgIpc) is 2.54. The molecule has 0 spiro atoms. The molecule has 0 aliphatic carbocycles. The average molecular weight is 381 g/mol. The number of hydrogen-bond acceptors (Lipinski definition) is 4. The molecular formula is C17H11Cl2FN2OS. The van der Waals surface area contributed by atoms with Crippen molar-refractivity contribution in [1.82, 2.24) is 4.98 Å². The molecule has 0 atom stereocenters. The quantitative estimate of drug-likeness (QED) is 0.452. The van der Waals surface area contributed by atoms with Gasteiger partial charge in [-0.25, -0.2) is 9.37 Å². The summed E-state index contributed by atoms with van der Waals surface area (Å²) in [6.45, 7) is 0. The van der Waals surface area contributed by atoms with Crippen molar-refractivity contribution in [2.24, 2.45) is 0 Å². The van der Waals surface area contributed by atoms with Crippen molar-refractivity contribution < 1.29 is 9.50 Å². The second-order valence-electron chi connectivity index (χ2n) is 4.98. The number of benzene rings is 2. The first-order valence-corrected chi connectivity index (χ1v) is 8.64. The van der Waals surface area contributed by atoms with Gasteiger partial charge in [0.1, 0.15) is 10.8 Å². The molecule has 0 saturated carbocycles. The SMILES string of the molecule is N=Cc1c(O)nc(SCc2c(Cl)cccc2Cl)c2cc(F)ccc12. The van der Waals surface area contributed by atoms with Gasteiger partial charge in [0.05, 0.1) is 5.56 Å². The first-order chi connectivity index (χ1) is 11.5. The number of nitrogens with zero attached hydrogens (tertiary/aromatic N) is 1. The van der Waals surface area contributed by atoms with Crippen LogP contribution in [-0.4, -0.2) is 16.3 Å². The highest BCUT2D eigenvalue weighted by Gasteiger charge is 2.15. The Kier molecular flexibility index (Phi) is 4.94. The zero-order chi connectivity index (χ0) is 17.3. The molecule has 0 bridgehead atoms. The van der Waals surface area contributed by atoms with E-state index >= 15 is 0 Å². The van der Waals surface area contributed by atoms with Crippen LogP contribution in [0.1, 0.15) is 11.1 Å². The van der Waals surface area contributed by atoms with E-state index in [1.807, 2.05) is 0 Å². The van der Waals surface area contributed by atoms with Gasteiger partial charge in [0.15, 0.2) is 0 Å². The Morgan fingerprint density at radius 3 is 2.54 bits per heavy atom. The van der Waals surface area contributed by atoms with Gasteiger partial charge < -0.3 is 10.5 Å². The van der Waals surface area contributed by atoms with Gasteiger partial charge >= 0.3 is 0 Å². The number of pyridine rings is 1. The third-order valence-corrected chi connectivity index (χ3v) is 5.24. The van der Waals surface area contributed by atoms with Crippen molar-refractivity contribution in [2.45, 2.75) is 10.8 Å². The number of halogens is 3. The van der Waals surface area contributed by atoms with Crippen molar-refractivity contribution in [3.8, 4) is 5.88 Å². The molecule has 1 aromatic heterocycles. The Morgan fingerprint density at radius 2 is 1.88 bits per heavy atom. The standard InChI is InChI=1S/C17H11Cl2FN2OS/c18-14-2-1-3-15(19)13(14)8-24-17-11-6-9(20)4-5-10(11)12(7-21)16(23)22-17/h1-7,21H,8H2,(H,22,23). The Balaban J connectivity index is 2.06. The number of thioether (sulfide) groups is 1. The van der Waals surface area contributed by atoms with Crippen LogP contribution in [0.25, 0.3) is 10.8 Å². The van der Waals surface area contributed by atoms with Crippen LogP contribution < -0.4 is 0 Å². The van der Waals surface area contributed by atoms with E-state index in [0.29, 0.717) is 31.6 Å². The second-order valence-corrected chi connectivity index (χ2v) is 6.76. The summed E-state index contributed by atoms with van der Waals surface area (Å²) in [5, 5.41) is 20.1. The first kappa shape index (κ1) is 17.0. The fourth-order valence-electron chi connectivity index (χ4n) is 2.33. The summed E-state index contributed by atoms with van der Waals surface area (Å²) in [5.74, 6) is -0.263. The lowest BCUT2D eigenvalue weighted by molar-refractivity contribution is 0.449. The third kappa shape index (κ3) is 3.20. The maximum atomic E-state index is 13.6. The van der Waals surface area contributed by atoms with Gasteiger partial charge in [0.25, 0.3) is 0 Å². The molecule has 0 fully saturated rings. The molecule has 1 heterocycles. The first-order valence-electron chi connectivity index (χ1n) is 6.89. The van der Waals surface area contributed by atoms with Gasteiger partial charge in [0, 0.05) is 27.4 Å². The van der Waals surface area contributed by atoms with Crippen molar-refractivity contribution in [3.63, 3.8) is 0 Å². The van der Waals surface area contributed by atoms with Crippen LogP contribution in [0.15, 0.2) is 41.4 Å². The molecule has 122 valence electrons. The van der Waals surface area contributed by atoms with Crippen LogP contribution >= 0.6 is 35.0 Å². The maximum absolute atomic E-state index is 13.6. The van der Waals surface area contributed by atoms with Gasteiger partial charge in [-0.3, -0.25) is 0 Å². The molecule has 0 saturated heterocycles. The van der Waals surface area contributed by atoms with Gasteiger partial charge in [-0.2, -0.15) is 0 Å². The van der Waals surface area contributed by atoms with E-state index in [2.05, 4.69) is 4.98 Å². The van der Waals surface area contributed by atoms with Crippen molar-refractivity contribution in [2.75, 3.05) is 0 Å². The molecule has 2 aromatic carbocycles. The molecule has 7 heteroatoms. The smallest absolute Gasteiger partial charge is 0.221 e. The zero-order valence-electron chi connectivity index (χ0n) is 12.2. The highest BCUT2D eigenvalue weighted by molar-refractivity contribution is 7.98. The molecule has 3 nitrogen and oxygen atoms in total. The molecule has 0 aliphatic rings. The maximum Gasteiger partial charge on any atom is 0.221 e. The predicted octanol–water partition coefficient (Wildman–Crippen LogP) is 5.68.